The van der Waals surface area contributed by atoms with Crippen molar-refractivity contribution in [2.24, 2.45) is 0 Å². The first-order valence-electron chi connectivity index (χ1n) is 6.26. The van der Waals surface area contributed by atoms with E-state index in [4.69, 9.17) is 0 Å². The maximum atomic E-state index is 4.68. The molecule has 3 heterocycles. The maximum Gasteiger partial charge on any atom is 0.204 e. The van der Waals surface area contributed by atoms with Crippen LogP contribution in [-0.2, 0) is 13.0 Å². The Hall–Kier alpha value is -1.33. The van der Waals surface area contributed by atoms with Crippen LogP contribution in [0, 0.1) is 0 Å². The van der Waals surface area contributed by atoms with Crippen molar-refractivity contribution in [2.45, 2.75) is 13.0 Å². The number of anilines is 1. The van der Waals surface area contributed by atoms with E-state index < -0.39 is 0 Å². The largest absolute Gasteiger partial charge is 0.337 e. The molecule has 1 N–H and O–H groups in total. The second kappa shape index (κ2) is 4.35. The summed E-state index contributed by atoms with van der Waals surface area (Å²) in [6, 6.07) is 10.4. The van der Waals surface area contributed by atoms with Crippen molar-refractivity contribution >= 4 is 44.2 Å². The molecule has 0 radical (unpaired) electrons. The summed E-state index contributed by atoms with van der Waals surface area (Å²) in [5.74, 6) is 0.983. The highest BCUT2D eigenvalue weighted by molar-refractivity contribution is 9.11. The lowest BCUT2D eigenvalue weighted by atomic mass is 10.1. The van der Waals surface area contributed by atoms with Gasteiger partial charge in [0, 0.05) is 11.4 Å². The molecule has 0 amide bonds. The average molecular weight is 334 g/mol. The second-order valence-corrected chi connectivity index (χ2v) is 7.26. The Morgan fingerprint density at radius 2 is 2.21 bits per heavy atom. The quantitative estimate of drug-likeness (QED) is 0.731. The van der Waals surface area contributed by atoms with Gasteiger partial charge in [0.2, 0.25) is 5.95 Å². The number of aromatic amines is 1. The molecule has 19 heavy (non-hydrogen) atoms. The number of hydrogen-bond acceptors (Lipinski definition) is 3. The third-order valence-corrected chi connectivity index (χ3v) is 5.19. The molecular weight excluding hydrogens is 322 g/mol. The summed E-state index contributed by atoms with van der Waals surface area (Å²) in [5, 5.41) is 0. The van der Waals surface area contributed by atoms with Crippen LogP contribution >= 0.6 is 27.3 Å². The molecule has 3 aromatic rings. The molecule has 1 aliphatic rings. The molecule has 0 aliphatic carbocycles. The highest BCUT2D eigenvalue weighted by Crippen LogP contribution is 2.33. The van der Waals surface area contributed by atoms with E-state index in [1.54, 1.807) is 0 Å². The first-order chi connectivity index (χ1) is 9.29. The van der Waals surface area contributed by atoms with Gasteiger partial charge in [0.1, 0.15) is 0 Å². The van der Waals surface area contributed by atoms with Crippen molar-refractivity contribution in [3.63, 3.8) is 0 Å². The summed E-state index contributed by atoms with van der Waals surface area (Å²) in [4.78, 5) is 11.9. The number of aromatic nitrogens is 2. The summed E-state index contributed by atoms with van der Waals surface area (Å²) in [6.45, 7) is 1.97. The number of thiophene rings is 1. The highest BCUT2D eigenvalue weighted by atomic mass is 79.9. The molecule has 0 atom stereocenters. The van der Waals surface area contributed by atoms with Gasteiger partial charge >= 0.3 is 0 Å². The van der Waals surface area contributed by atoms with E-state index in [2.05, 4.69) is 42.9 Å². The van der Waals surface area contributed by atoms with E-state index in [1.165, 1.54) is 14.2 Å². The highest BCUT2D eigenvalue weighted by Gasteiger charge is 2.21. The lowest BCUT2D eigenvalue weighted by Crippen LogP contribution is -2.30. The standard InChI is InChI=1S/C14H12BrN3S/c15-13-7-9-5-6-18(8-12(9)19-13)14-16-10-3-1-2-4-11(10)17-14/h1-4,7H,5-6,8H2,(H,16,17). The Kier molecular flexibility index (Phi) is 2.63. The SMILES string of the molecule is Brc1cc2c(s1)CN(c1nc3ccccc3[nH]1)CC2. The smallest absolute Gasteiger partial charge is 0.204 e. The predicted molar refractivity (Wildman–Crippen MR) is 82.9 cm³/mol. The topological polar surface area (TPSA) is 31.9 Å². The van der Waals surface area contributed by atoms with Crippen LogP contribution in [0.5, 0.6) is 0 Å². The maximum absolute atomic E-state index is 4.68. The monoisotopic (exact) mass is 333 g/mol. The van der Waals surface area contributed by atoms with Gasteiger partial charge < -0.3 is 9.88 Å². The molecule has 0 saturated heterocycles. The number of nitrogens with zero attached hydrogens (tertiary/aromatic N) is 2. The van der Waals surface area contributed by atoms with Crippen LogP contribution in [0.1, 0.15) is 10.4 Å². The second-order valence-electron chi connectivity index (χ2n) is 4.75. The molecular formula is C14H12BrN3S. The van der Waals surface area contributed by atoms with Crippen molar-refractivity contribution < 1.29 is 0 Å². The molecule has 1 aromatic carbocycles. The fourth-order valence-corrected chi connectivity index (χ4v) is 4.36. The molecule has 4 rings (SSSR count). The van der Waals surface area contributed by atoms with E-state index in [9.17, 15) is 0 Å². The fourth-order valence-electron chi connectivity index (χ4n) is 2.55. The number of hydrogen-bond donors (Lipinski definition) is 1. The van der Waals surface area contributed by atoms with E-state index in [1.807, 2.05) is 29.5 Å². The molecule has 5 heteroatoms. The molecule has 3 nitrogen and oxygen atoms in total. The number of fused-ring (bicyclic) bond motifs is 2. The van der Waals surface area contributed by atoms with Gasteiger partial charge in [0.15, 0.2) is 0 Å². The molecule has 0 spiro atoms. The van der Waals surface area contributed by atoms with E-state index >= 15 is 0 Å². The van der Waals surface area contributed by atoms with Crippen LogP contribution in [0.15, 0.2) is 34.1 Å². The van der Waals surface area contributed by atoms with E-state index in [0.717, 1.165) is 36.5 Å². The number of imidazole rings is 1. The van der Waals surface area contributed by atoms with Gasteiger partial charge in [-0.25, -0.2) is 4.98 Å². The zero-order valence-corrected chi connectivity index (χ0v) is 12.6. The minimum atomic E-state index is 0.950. The van der Waals surface area contributed by atoms with Crippen molar-refractivity contribution in [3.8, 4) is 0 Å². The third-order valence-electron chi connectivity index (χ3n) is 3.53. The minimum absolute atomic E-state index is 0.950. The van der Waals surface area contributed by atoms with Crippen LogP contribution in [0.3, 0.4) is 0 Å². The Balaban J connectivity index is 1.70. The normalized spacial score (nSPS) is 14.9. The van der Waals surface area contributed by atoms with Gasteiger partial charge in [0.25, 0.3) is 0 Å². The van der Waals surface area contributed by atoms with Crippen LogP contribution in [0.2, 0.25) is 0 Å². The average Bonchev–Trinajstić information content (AvgIpc) is 2.99. The Labute approximate surface area is 123 Å². The van der Waals surface area contributed by atoms with E-state index in [0.29, 0.717) is 0 Å². The van der Waals surface area contributed by atoms with Gasteiger partial charge in [-0.1, -0.05) is 12.1 Å². The summed E-state index contributed by atoms with van der Waals surface area (Å²) in [6.07, 6.45) is 1.09. The van der Waals surface area contributed by atoms with Crippen LogP contribution in [-0.4, -0.2) is 16.5 Å². The summed E-state index contributed by atoms with van der Waals surface area (Å²) >= 11 is 5.40. The number of H-pyrrole nitrogens is 1. The molecule has 1 aliphatic heterocycles. The lowest BCUT2D eigenvalue weighted by molar-refractivity contribution is 0.726. The van der Waals surface area contributed by atoms with Gasteiger partial charge in [-0.05, 0) is 46.1 Å². The number of para-hydroxylation sites is 2. The van der Waals surface area contributed by atoms with Crippen molar-refractivity contribution in [1.82, 2.24) is 9.97 Å². The number of benzene rings is 1. The van der Waals surface area contributed by atoms with Gasteiger partial charge in [-0.2, -0.15) is 0 Å². The molecule has 0 saturated carbocycles. The summed E-state index contributed by atoms with van der Waals surface area (Å²) < 4.78 is 1.23. The van der Waals surface area contributed by atoms with Crippen molar-refractivity contribution in [1.29, 1.82) is 0 Å². The van der Waals surface area contributed by atoms with E-state index in [-0.39, 0.29) is 0 Å². The Morgan fingerprint density at radius 3 is 3.11 bits per heavy atom. The number of rotatable bonds is 1. The van der Waals surface area contributed by atoms with Crippen LogP contribution in [0.25, 0.3) is 11.0 Å². The molecule has 0 bridgehead atoms. The van der Waals surface area contributed by atoms with Crippen molar-refractivity contribution in [2.75, 3.05) is 11.4 Å². The minimum Gasteiger partial charge on any atom is -0.337 e. The Morgan fingerprint density at radius 1 is 1.32 bits per heavy atom. The summed E-state index contributed by atoms with van der Waals surface area (Å²) in [7, 11) is 0. The first-order valence-corrected chi connectivity index (χ1v) is 7.87. The van der Waals surface area contributed by atoms with Crippen LogP contribution in [0.4, 0.5) is 5.95 Å². The summed E-state index contributed by atoms with van der Waals surface area (Å²) in [5.41, 5.74) is 3.62. The van der Waals surface area contributed by atoms with Crippen molar-refractivity contribution in [3.05, 3.63) is 44.6 Å². The zero-order chi connectivity index (χ0) is 12.8. The first kappa shape index (κ1) is 11.5. The molecule has 0 unspecified atom stereocenters. The zero-order valence-electron chi connectivity index (χ0n) is 10.2. The third kappa shape index (κ3) is 1.97. The molecule has 96 valence electrons. The fraction of sp³-hybridized carbons (Fsp3) is 0.214. The van der Waals surface area contributed by atoms with Gasteiger partial charge in [0.05, 0.1) is 21.4 Å². The molecule has 0 fully saturated rings. The van der Waals surface area contributed by atoms with Gasteiger partial charge in [-0.15, -0.1) is 11.3 Å². The Bertz CT molecular complexity index is 713. The van der Waals surface area contributed by atoms with Gasteiger partial charge in [-0.3, -0.25) is 0 Å². The lowest BCUT2D eigenvalue weighted by Gasteiger charge is -2.26. The number of nitrogens with one attached hydrogen (secondary N) is 1. The number of halogens is 1. The predicted octanol–water partition coefficient (Wildman–Crippen LogP) is 3.95. The molecule has 2 aromatic heterocycles. The van der Waals surface area contributed by atoms with Crippen LogP contribution < -0.4 is 4.90 Å².